The Hall–Kier alpha value is -1.41. The zero-order chi connectivity index (χ0) is 13.8. The van der Waals surface area contributed by atoms with Gasteiger partial charge in [0, 0.05) is 11.3 Å². The van der Waals surface area contributed by atoms with Gasteiger partial charge in [0.2, 0.25) is 0 Å². The highest BCUT2D eigenvalue weighted by molar-refractivity contribution is 7.14. The van der Waals surface area contributed by atoms with E-state index in [1.807, 2.05) is 6.07 Å². The van der Waals surface area contributed by atoms with Gasteiger partial charge in [-0.2, -0.15) is 0 Å². The average Bonchev–Trinajstić information content (AvgIpc) is 2.88. The van der Waals surface area contributed by atoms with E-state index in [4.69, 9.17) is 0 Å². The lowest BCUT2D eigenvalue weighted by Gasteiger charge is -2.06. The second-order valence-corrected chi connectivity index (χ2v) is 6.28. The molecule has 19 heavy (non-hydrogen) atoms. The molecule has 100 valence electrons. The van der Waals surface area contributed by atoms with E-state index in [9.17, 15) is 4.79 Å². The van der Waals surface area contributed by atoms with E-state index < -0.39 is 0 Å². The molecule has 0 unspecified atom stereocenters. The summed E-state index contributed by atoms with van der Waals surface area (Å²) in [6, 6.07) is 12.4. The number of Topliss-reactive ketones (excluding diaryl/α,β-unsaturated/α-hetero) is 1. The fraction of sp³-hybridized carbons (Fsp3) is 0.353. The molecule has 2 rings (SSSR count). The summed E-state index contributed by atoms with van der Waals surface area (Å²) in [4.78, 5) is 14.3. The third-order valence-corrected chi connectivity index (χ3v) is 4.57. The van der Waals surface area contributed by atoms with Gasteiger partial charge in [-0.3, -0.25) is 4.79 Å². The first-order chi connectivity index (χ1) is 9.10. The van der Waals surface area contributed by atoms with Crippen molar-refractivity contribution in [2.75, 3.05) is 0 Å². The Morgan fingerprint density at radius 1 is 1.11 bits per heavy atom. The zero-order valence-electron chi connectivity index (χ0n) is 11.8. The molecule has 0 N–H and O–H groups in total. The summed E-state index contributed by atoms with van der Waals surface area (Å²) < 4.78 is 0. The van der Waals surface area contributed by atoms with Crippen LogP contribution in [0, 0.1) is 0 Å². The van der Waals surface area contributed by atoms with Gasteiger partial charge < -0.3 is 0 Å². The van der Waals surface area contributed by atoms with E-state index >= 15 is 0 Å². The Bertz CT molecular complexity index is 549. The summed E-state index contributed by atoms with van der Waals surface area (Å²) in [5.74, 6) is 0.760. The van der Waals surface area contributed by atoms with Gasteiger partial charge in [0.05, 0.1) is 4.88 Å². The summed E-state index contributed by atoms with van der Waals surface area (Å²) in [7, 11) is 0. The van der Waals surface area contributed by atoms with Crippen LogP contribution in [0.5, 0.6) is 0 Å². The maximum Gasteiger partial charge on any atom is 0.177 e. The Kier molecular flexibility index (Phi) is 4.54. The minimum atomic E-state index is 0.224. The highest BCUT2D eigenvalue weighted by Crippen LogP contribution is 2.20. The minimum Gasteiger partial charge on any atom is -0.293 e. The first-order valence-corrected chi connectivity index (χ1v) is 7.62. The second kappa shape index (κ2) is 6.16. The Morgan fingerprint density at radius 2 is 1.79 bits per heavy atom. The highest BCUT2D eigenvalue weighted by Gasteiger charge is 2.10. The van der Waals surface area contributed by atoms with Gasteiger partial charge in [-0.25, -0.2) is 0 Å². The number of rotatable bonds is 5. The molecule has 0 saturated heterocycles. The van der Waals surface area contributed by atoms with Crippen molar-refractivity contribution < 1.29 is 4.79 Å². The maximum absolute atomic E-state index is 12.2. The number of hydrogen-bond acceptors (Lipinski definition) is 2. The number of benzene rings is 1. The molecule has 0 saturated carbocycles. The number of ketones is 1. The van der Waals surface area contributed by atoms with Gasteiger partial charge in [0.25, 0.3) is 0 Å². The molecule has 0 atom stereocenters. The van der Waals surface area contributed by atoms with Crippen molar-refractivity contribution in [2.24, 2.45) is 0 Å². The predicted octanol–water partition coefficient (Wildman–Crippen LogP) is 4.86. The molecule has 0 aliphatic heterocycles. The molecule has 0 fully saturated rings. The van der Waals surface area contributed by atoms with Crippen molar-refractivity contribution in [1.82, 2.24) is 0 Å². The number of hydrogen-bond donors (Lipinski definition) is 0. The first-order valence-electron chi connectivity index (χ1n) is 6.81. The number of carbonyl (C=O) groups excluding carboxylic acids is 1. The molecule has 1 heterocycles. The molecule has 2 aromatic rings. The number of aryl methyl sites for hydroxylation is 1. The van der Waals surface area contributed by atoms with Crippen LogP contribution in [-0.4, -0.2) is 5.78 Å². The van der Waals surface area contributed by atoms with Crippen LogP contribution in [0.2, 0.25) is 0 Å². The SMILES string of the molecule is CCc1ccc(C(=O)Cc2ccc(C(C)C)cc2)s1. The van der Waals surface area contributed by atoms with E-state index in [1.165, 1.54) is 10.4 Å². The summed E-state index contributed by atoms with van der Waals surface area (Å²) in [5.41, 5.74) is 2.42. The minimum absolute atomic E-state index is 0.224. The summed E-state index contributed by atoms with van der Waals surface area (Å²) in [6.07, 6.45) is 1.50. The van der Waals surface area contributed by atoms with Crippen molar-refractivity contribution in [1.29, 1.82) is 0 Å². The van der Waals surface area contributed by atoms with Crippen molar-refractivity contribution >= 4 is 17.1 Å². The summed E-state index contributed by atoms with van der Waals surface area (Å²) >= 11 is 1.62. The summed E-state index contributed by atoms with van der Waals surface area (Å²) in [6.45, 7) is 6.47. The molecule has 0 aliphatic carbocycles. The lowest BCUT2D eigenvalue weighted by atomic mass is 10.00. The van der Waals surface area contributed by atoms with Crippen LogP contribution in [0.4, 0.5) is 0 Å². The molecule has 2 heteroatoms. The van der Waals surface area contributed by atoms with Crippen LogP contribution in [-0.2, 0) is 12.8 Å². The van der Waals surface area contributed by atoms with Gasteiger partial charge in [-0.1, -0.05) is 45.0 Å². The smallest absolute Gasteiger partial charge is 0.177 e. The molecule has 0 aliphatic rings. The quantitative estimate of drug-likeness (QED) is 0.710. The first kappa shape index (κ1) is 14.0. The van der Waals surface area contributed by atoms with Crippen LogP contribution < -0.4 is 0 Å². The lowest BCUT2D eigenvalue weighted by Crippen LogP contribution is -2.01. The fourth-order valence-electron chi connectivity index (χ4n) is 2.01. The standard InChI is InChI=1S/C17H20OS/c1-4-15-9-10-17(19-15)16(18)11-13-5-7-14(8-6-13)12(2)3/h5-10,12H,4,11H2,1-3H3. The highest BCUT2D eigenvalue weighted by atomic mass is 32.1. The van der Waals surface area contributed by atoms with Gasteiger partial charge in [0.1, 0.15) is 0 Å². The van der Waals surface area contributed by atoms with Crippen LogP contribution in [0.15, 0.2) is 36.4 Å². The second-order valence-electron chi connectivity index (χ2n) is 5.12. The van der Waals surface area contributed by atoms with Gasteiger partial charge in [0.15, 0.2) is 5.78 Å². The Morgan fingerprint density at radius 3 is 2.32 bits per heavy atom. The van der Waals surface area contributed by atoms with Crippen LogP contribution >= 0.6 is 11.3 Å². The van der Waals surface area contributed by atoms with Gasteiger partial charge in [-0.05, 0) is 35.6 Å². The molecule has 1 aromatic carbocycles. The van der Waals surface area contributed by atoms with E-state index in [1.54, 1.807) is 11.3 Å². The largest absolute Gasteiger partial charge is 0.293 e. The zero-order valence-corrected chi connectivity index (χ0v) is 12.6. The van der Waals surface area contributed by atoms with Crippen LogP contribution in [0.1, 0.15) is 52.4 Å². The van der Waals surface area contributed by atoms with E-state index in [0.29, 0.717) is 12.3 Å². The number of carbonyl (C=O) groups is 1. The van der Waals surface area contributed by atoms with Crippen LogP contribution in [0.25, 0.3) is 0 Å². The Balaban J connectivity index is 2.06. The van der Waals surface area contributed by atoms with Crippen molar-refractivity contribution in [2.45, 2.75) is 39.5 Å². The Labute approximate surface area is 119 Å². The van der Waals surface area contributed by atoms with Crippen molar-refractivity contribution in [3.63, 3.8) is 0 Å². The topological polar surface area (TPSA) is 17.1 Å². The van der Waals surface area contributed by atoms with Crippen LogP contribution in [0.3, 0.4) is 0 Å². The monoisotopic (exact) mass is 272 g/mol. The van der Waals surface area contributed by atoms with Gasteiger partial charge >= 0.3 is 0 Å². The van der Waals surface area contributed by atoms with E-state index in [0.717, 1.165) is 16.9 Å². The van der Waals surface area contributed by atoms with Crippen molar-refractivity contribution in [3.05, 3.63) is 57.3 Å². The molecule has 0 bridgehead atoms. The maximum atomic E-state index is 12.2. The van der Waals surface area contributed by atoms with E-state index in [-0.39, 0.29) is 5.78 Å². The molecular weight excluding hydrogens is 252 g/mol. The summed E-state index contributed by atoms with van der Waals surface area (Å²) in [5, 5.41) is 0. The third kappa shape index (κ3) is 3.54. The predicted molar refractivity (Wildman–Crippen MR) is 82.3 cm³/mol. The van der Waals surface area contributed by atoms with E-state index in [2.05, 4.69) is 51.1 Å². The molecule has 0 amide bonds. The normalized spacial score (nSPS) is 10.9. The number of thiophene rings is 1. The molecule has 0 radical (unpaired) electrons. The third-order valence-electron chi connectivity index (χ3n) is 3.30. The molecule has 1 nitrogen and oxygen atoms in total. The molecular formula is C17H20OS. The van der Waals surface area contributed by atoms with Gasteiger partial charge in [-0.15, -0.1) is 11.3 Å². The van der Waals surface area contributed by atoms with Crippen molar-refractivity contribution in [3.8, 4) is 0 Å². The lowest BCUT2D eigenvalue weighted by molar-refractivity contribution is 0.0997. The fourth-order valence-corrected chi connectivity index (χ4v) is 2.90. The molecule has 1 aromatic heterocycles. The average molecular weight is 272 g/mol. The molecule has 0 spiro atoms.